The second-order valence-corrected chi connectivity index (χ2v) is 4.30. The fourth-order valence-electron chi connectivity index (χ4n) is 1.90. The Morgan fingerprint density at radius 2 is 1.95 bits per heavy atom. The van der Waals surface area contributed by atoms with Crippen LogP contribution in [0.25, 0.3) is 11.0 Å². The van der Waals surface area contributed by atoms with Gasteiger partial charge in [-0.1, -0.05) is 0 Å². The average molecular weight is 276 g/mol. The standard InChI is InChI=1S/C15H10F2O3/c16-10-1-4-13(17)9(5-10)7-19-11-2-3-12-14(18)8-20-15(12)6-11/h1-6,8,18H,7H2. The van der Waals surface area contributed by atoms with Gasteiger partial charge >= 0.3 is 0 Å². The smallest absolute Gasteiger partial charge is 0.161 e. The summed E-state index contributed by atoms with van der Waals surface area (Å²) < 4.78 is 37.0. The van der Waals surface area contributed by atoms with Crippen LogP contribution in [-0.4, -0.2) is 5.11 Å². The number of hydrogen-bond acceptors (Lipinski definition) is 3. The van der Waals surface area contributed by atoms with Gasteiger partial charge in [0.2, 0.25) is 0 Å². The SMILES string of the molecule is Oc1coc2cc(OCc3cc(F)ccc3F)ccc12. The number of ether oxygens (including phenoxy) is 1. The van der Waals surface area contributed by atoms with Crippen molar-refractivity contribution in [3.8, 4) is 11.5 Å². The fraction of sp³-hybridized carbons (Fsp3) is 0.0667. The summed E-state index contributed by atoms with van der Waals surface area (Å²) in [5.74, 6) is -0.558. The lowest BCUT2D eigenvalue weighted by Gasteiger charge is -2.07. The molecule has 0 bridgehead atoms. The lowest BCUT2D eigenvalue weighted by molar-refractivity contribution is 0.299. The van der Waals surface area contributed by atoms with E-state index in [1.165, 1.54) is 6.26 Å². The summed E-state index contributed by atoms with van der Waals surface area (Å²) in [5.41, 5.74) is 0.590. The Balaban J connectivity index is 1.81. The van der Waals surface area contributed by atoms with Gasteiger partial charge in [0.15, 0.2) is 5.75 Å². The van der Waals surface area contributed by atoms with Crippen LogP contribution in [0, 0.1) is 11.6 Å². The maximum Gasteiger partial charge on any atom is 0.161 e. The van der Waals surface area contributed by atoms with E-state index in [1.807, 2.05) is 0 Å². The molecule has 1 heterocycles. The normalized spacial score (nSPS) is 10.9. The van der Waals surface area contributed by atoms with Crippen molar-refractivity contribution in [2.75, 3.05) is 0 Å². The highest BCUT2D eigenvalue weighted by atomic mass is 19.1. The molecule has 0 amide bonds. The van der Waals surface area contributed by atoms with Crippen LogP contribution in [0.2, 0.25) is 0 Å². The molecule has 0 atom stereocenters. The van der Waals surface area contributed by atoms with Gasteiger partial charge in [0, 0.05) is 11.6 Å². The molecule has 0 radical (unpaired) electrons. The van der Waals surface area contributed by atoms with Crippen molar-refractivity contribution in [3.05, 3.63) is 59.9 Å². The molecule has 5 heteroatoms. The van der Waals surface area contributed by atoms with Crippen molar-refractivity contribution >= 4 is 11.0 Å². The number of rotatable bonds is 3. The van der Waals surface area contributed by atoms with Crippen molar-refractivity contribution in [1.29, 1.82) is 0 Å². The second-order valence-electron chi connectivity index (χ2n) is 4.30. The highest BCUT2D eigenvalue weighted by Crippen LogP contribution is 2.30. The van der Waals surface area contributed by atoms with Crippen LogP contribution in [0.4, 0.5) is 8.78 Å². The first kappa shape index (κ1) is 12.5. The molecule has 102 valence electrons. The zero-order valence-corrected chi connectivity index (χ0v) is 10.3. The van der Waals surface area contributed by atoms with Crippen molar-refractivity contribution in [2.24, 2.45) is 0 Å². The van der Waals surface area contributed by atoms with E-state index >= 15 is 0 Å². The molecule has 0 fully saturated rings. The molecular formula is C15H10F2O3. The molecule has 1 aromatic heterocycles. The van der Waals surface area contributed by atoms with E-state index in [0.717, 1.165) is 18.2 Å². The largest absolute Gasteiger partial charge is 0.504 e. The van der Waals surface area contributed by atoms with Gasteiger partial charge in [-0.2, -0.15) is 0 Å². The zero-order chi connectivity index (χ0) is 14.1. The van der Waals surface area contributed by atoms with Crippen LogP contribution in [0.15, 0.2) is 47.1 Å². The monoisotopic (exact) mass is 276 g/mol. The minimum absolute atomic E-state index is 0.0442. The van der Waals surface area contributed by atoms with E-state index in [9.17, 15) is 13.9 Å². The first-order chi connectivity index (χ1) is 9.63. The third kappa shape index (κ3) is 2.30. The molecule has 20 heavy (non-hydrogen) atoms. The number of benzene rings is 2. The minimum atomic E-state index is -0.525. The summed E-state index contributed by atoms with van der Waals surface area (Å²) in [5, 5.41) is 10.0. The molecule has 0 aliphatic rings. The van der Waals surface area contributed by atoms with Gasteiger partial charge in [-0.15, -0.1) is 0 Å². The molecule has 2 aromatic carbocycles. The van der Waals surface area contributed by atoms with E-state index in [-0.39, 0.29) is 17.9 Å². The highest BCUT2D eigenvalue weighted by Gasteiger charge is 2.08. The fourth-order valence-corrected chi connectivity index (χ4v) is 1.90. The first-order valence-corrected chi connectivity index (χ1v) is 5.90. The van der Waals surface area contributed by atoms with Crippen LogP contribution >= 0.6 is 0 Å². The van der Waals surface area contributed by atoms with Crippen LogP contribution < -0.4 is 4.74 Å². The zero-order valence-electron chi connectivity index (χ0n) is 10.3. The highest BCUT2D eigenvalue weighted by molar-refractivity contribution is 5.84. The Bertz CT molecular complexity index is 765. The molecule has 3 rings (SSSR count). The van der Waals surface area contributed by atoms with Gasteiger partial charge in [0.25, 0.3) is 0 Å². The number of halogens is 2. The van der Waals surface area contributed by atoms with Gasteiger partial charge in [0.1, 0.15) is 35.8 Å². The van der Waals surface area contributed by atoms with E-state index in [4.69, 9.17) is 9.15 Å². The molecule has 0 aliphatic heterocycles. The number of fused-ring (bicyclic) bond motifs is 1. The molecule has 0 spiro atoms. The molecular weight excluding hydrogens is 266 g/mol. The molecule has 0 aliphatic carbocycles. The maximum atomic E-state index is 13.4. The Labute approximate surface area is 113 Å². The lowest BCUT2D eigenvalue weighted by atomic mass is 10.2. The van der Waals surface area contributed by atoms with Gasteiger partial charge < -0.3 is 14.3 Å². The van der Waals surface area contributed by atoms with Crippen LogP contribution in [0.3, 0.4) is 0 Å². The first-order valence-electron chi connectivity index (χ1n) is 5.90. The second kappa shape index (κ2) is 4.85. The predicted molar refractivity (Wildman–Crippen MR) is 68.6 cm³/mol. The van der Waals surface area contributed by atoms with Crippen LogP contribution in [0.1, 0.15) is 5.56 Å². The predicted octanol–water partition coefficient (Wildman–Crippen LogP) is 4.00. The lowest BCUT2D eigenvalue weighted by Crippen LogP contribution is -1.99. The Morgan fingerprint density at radius 1 is 1.10 bits per heavy atom. The summed E-state index contributed by atoms with van der Waals surface area (Å²) in [7, 11) is 0. The van der Waals surface area contributed by atoms with Crippen LogP contribution in [-0.2, 0) is 6.61 Å². The third-order valence-corrected chi connectivity index (χ3v) is 2.93. The summed E-state index contributed by atoms with van der Waals surface area (Å²) in [6.45, 7) is -0.0954. The molecule has 1 N–H and O–H groups in total. The molecule has 3 nitrogen and oxygen atoms in total. The molecule has 0 saturated carbocycles. The molecule has 0 unspecified atom stereocenters. The van der Waals surface area contributed by atoms with Gasteiger partial charge in [-0.3, -0.25) is 0 Å². The summed E-state index contributed by atoms with van der Waals surface area (Å²) in [6.07, 6.45) is 1.22. The van der Waals surface area contributed by atoms with Crippen molar-refractivity contribution in [2.45, 2.75) is 6.61 Å². The Hall–Kier alpha value is -2.56. The number of hydrogen-bond donors (Lipinski definition) is 1. The number of furan rings is 1. The Morgan fingerprint density at radius 3 is 2.80 bits per heavy atom. The average Bonchev–Trinajstić information content (AvgIpc) is 2.81. The van der Waals surface area contributed by atoms with Crippen molar-refractivity contribution < 1.29 is 23.0 Å². The Kier molecular flexibility index (Phi) is 3.02. The van der Waals surface area contributed by atoms with Gasteiger partial charge in [-0.05, 0) is 30.3 Å². The van der Waals surface area contributed by atoms with Gasteiger partial charge in [0.05, 0.1) is 5.39 Å². The van der Waals surface area contributed by atoms with E-state index in [0.29, 0.717) is 16.7 Å². The maximum absolute atomic E-state index is 13.4. The van der Waals surface area contributed by atoms with Crippen molar-refractivity contribution in [3.63, 3.8) is 0 Å². The van der Waals surface area contributed by atoms with E-state index in [1.54, 1.807) is 18.2 Å². The van der Waals surface area contributed by atoms with Crippen LogP contribution in [0.5, 0.6) is 11.5 Å². The van der Waals surface area contributed by atoms with Crippen molar-refractivity contribution in [1.82, 2.24) is 0 Å². The quantitative estimate of drug-likeness (QED) is 0.786. The minimum Gasteiger partial charge on any atom is -0.504 e. The summed E-state index contributed by atoms with van der Waals surface area (Å²) in [4.78, 5) is 0. The molecule has 3 aromatic rings. The van der Waals surface area contributed by atoms with E-state index < -0.39 is 11.6 Å². The van der Waals surface area contributed by atoms with Gasteiger partial charge in [-0.25, -0.2) is 8.78 Å². The summed E-state index contributed by atoms with van der Waals surface area (Å²) >= 11 is 0. The molecule has 0 saturated heterocycles. The third-order valence-electron chi connectivity index (χ3n) is 2.93. The topological polar surface area (TPSA) is 42.6 Å². The number of aromatic hydroxyl groups is 1. The summed E-state index contributed by atoms with van der Waals surface area (Å²) in [6, 6.07) is 8.03. The van der Waals surface area contributed by atoms with E-state index in [2.05, 4.69) is 0 Å².